The minimum atomic E-state index is -4.34. The first-order valence-corrected chi connectivity index (χ1v) is 7.55. The quantitative estimate of drug-likeness (QED) is 0.651. The van der Waals surface area contributed by atoms with Crippen LogP contribution in [-0.4, -0.2) is 4.98 Å². The Morgan fingerprint density at radius 1 is 1.04 bits per heavy atom. The van der Waals surface area contributed by atoms with Gasteiger partial charge in [0.15, 0.2) is 0 Å². The Labute approximate surface area is 134 Å². The molecule has 0 fully saturated rings. The second-order valence-corrected chi connectivity index (χ2v) is 5.74. The fraction of sp³-hybridized carbons (Fsp3) is 0.0625. The number of nitrogen functional groups attached to an aromatic ring is 1. The Morgan fingerprint density at radius 2 is 1.78 bits per heavy atom. The summed E-state index contributed by atoms with van der Waals surface area (Å²) in [5.74, 6) is 0. The van der Waals surface area contributed by atoms with Gasteiger partial charge in [-0.2, -0.15) is 13.2 Å². The lowest BCUT2D eigenvalue weighted by Crippen LogP contribution is -2.04. The third kappa shape index (κ3) is 3.45. The molecule has 0 unspecified atom stereocenters. The van der Waals surface area contributed by atoms with E-state index >= 15 is 0 Å². The number of nitrogens with one attached hydrogen (secondary N) is 1. The lowest BCUT2D eigenvalue weighted by Gasteiger charge is -2.13. The molecule has 118 valence electrons. The van der Waals surface area contributed by atoms with E-state index in [1.807, 2.05) is 5.38 Å². The highest BCUT2D eigenvalue weighted by atomic mass is 32.1. The van der Waals surface area contributed by atoms with Crippen molar-refractivity contribution in [3.05, 3.63) is 59.6 Å². The van der Waals surface area contributed by atoms with Crippen molar-refractivity contribution in [1.82, 2.24) is 4.98 Å². The van der Waals surface area contributed by atoms with Crippen molar-refractivity contribution in [1.29, 1.82) is 0 Å². The number of halogens is 3. The van der Waals surface area contributed by atoms with Gasteiger partial charge in [-0.1, -0.05) is 0 Å². The molecule has 0 aliphatic carbocycles. The average Bonchev–Trinajstić information content (AvgIpc) is 3.03. The maximum atomic E-state index is 12.6. The molecule has 7 heteroatoms. The second-order valence-electron chi connectivity index (χ2n) is 4.84. The molecule has 0 spiro atoms. The fourth-order valence-corrected chi connectivity index (χ4v) is 2.77. The van der Waals surface area contributed by atoms with Gasteiger partial charge in [0.25, 0.3) is 0 Å². The smallest absolute Gasteiger partial charge is 0.399 e. The maximum Gasteiger partial charge on any atom is 0.416 e. The molecule has 1 heterocycles. The number of alkyl halides is 3. The fourth-order valence-electron chi connectivity index (χ4n) is 2.10. The number of aromatic nitrogens is 1. The number of hydrogen-bond acceptors (Lipinski definition) is 4. The van der Waals surface area contributed by atoms with E-state index in [-0.39, 0.29) is 0 Å². The molecule has 0 atom stereocenters. The summed E-state index contributed by atoms with van der Waals surface area (Å²) in [4.78, 5) is 4.25. The summed E-state index contributed by atoms with van der Waals surface area (Å²) in [6.07, 6.45) is -2.66. The molecule has 1 aromatic heterocycles. The monoisotopic (exact) mass is 335 g/mol. The maximum absolute atomic E-state index is 12.6. The van der Waals surface area contributed by atoms with Crippen LogP contribution in [0.1, 0.15) is 5.56 Å². The highest BCUT2D eigenvalue weighted by Crippen LogP contribution is 2.34. The molecule has 23 heavy (non-hydrogen) atoms. The van der Waals surface area contributed by atoms with Crippen molar-refractivity contribution in [2.45, 2.75) is 6.18 Å². The van der Waals surface area contributed by atoms with Gasteiger partial charge in [-0.3, -0.25) is 0 Å². The number of thiazole rings is 1. The van der Waals surface area contributed by atoms with Gasteiger partial charge in [-0.15, -0.1) is 11.3 Å². The van der Waals surface area contributed by atoms with E-state index in [2.05, 4.69) is 10.3 Å². The van der Waals surface area contributed by atoms with Gasteiger partial charge in [-0.25, -0.2) is 4.98 Å². The van der Waals surface area contributed by atoms with Crippen LogP contribution in [0.3, 0.4) is 0 Å². The molecule has 2 aromatic carbocycles. The van der Waals surface area contributed by atoms with E-state index in [9.17, 15) is 13.2 Å². The Kier molecular flexibility index (Phi) is 3.96. The van der Waals surface area contributed by atoms with Crippen LogP contribution >= 0.6 is 11.3 Å². The Bertz CT molecular complexity index is 796. The average molecular weight is 335 g/mol. The number of nitrogens with two attached hydrogens (primary N) is 1. The van der Waals surface area contributed by atoms with E-state index in [4.69, 9.17) is 5.73 Å². The second kappa shape index (κ2) is 5.92. The SMILES string of the molecule is Nc1ccc(Nc2ccc(C(F)(F)F)cc2)c(-c2nccs2)c1. The summed E-state index contributed by atoms with van der Waals surface area (Å²) in [6.45, 7) is 0. The van der Waals surface area contributed by atoms with Gasteiger partial charge in [0.05, 0.1) is 5.56 Å². The molecule has 3 aromatic rings. The summed E-state index contributed by atoms with van der Waals surface area (Å²) in [6, 6.07) is 10.2. The zero-order valence-electron chi connectivity index (χ0n) is 11.8. The van der Waals surface area contributed by atoms with Crippen LogP contribution in [0.2, 0.25) is 0 Å². The number of nitrogens with zero attached hydrogens (tertiary/aromatic N) is 1. The zero-order chi connectivity index (χ0) is 16.4. The Balaban J connectivity index is 1.91. The summed E-state index contributed by atoms with van der Waals surface area (Å²) in [5.41, 5.74) is 7.82. The van der Waals surface area contributed by atoms with Crippen LogP contribution in [0.4, 0.5) is 30.2 Å². The third-order valence-electron chi connectivity index (χ3n) is 3.20. The van der Waals surface area contributed by atoms with E-state index in [0.29, 0.717) is 11.4 Å². The van der Waals surface area contributed by atoms with E-state index < -0.39 is 11.7 Å². The molecule has 0 aliphatic heterocycles. The minimum Gasteiger partial charge on any atom is -0.399 e. The van der Waals surface area contributed by atoms with Gasteiger partial charge in [0, 0.05) is 34.2 Å². The Hall–Kier alpha value is -2.54. The van der Waals surface area contributed by atoms with E-state index in [1.54, 1.807) is 24.4 Å². The predicted molar refractivity (Wildman–Crippen MR) is 86.7 cm³/mol. The predicted octanol–water partition coefficient (Wildman–Crippen LogP) is 5.15. The highest BCUT2D eigenvalue weighted by Gasteiger charge is 2.29. The van der Waals surface area contributed by atoms with E-state index in [0.717, 1.165) is 28.4 Å². The first-order valence-electron chi connectivity index (χ1n) is 6.67. The van der Waals surface area contributed by atoms with Crippen LogP contribution < -0.4 is 11.1 Å². The lowest BCUT2D eigenvalue weighted by atomic mass is 10.1. The standard InChI is InChI=1S/C16H12F3N3S/c17-16(18,19)10-1-4-12(5-2-10)22-14-6-3-11(20)9-13(14)15-21-7-8-23-15/h1-9,22H,20H2. The van der Waals surface area contributed by atoms with Crippen molar-refractivity contribution in [3.8, 4) is 10.6 Å². The molecular formula is C16H12F3N3S. The first kappa shape index (κ1) is 15.4. The van der Waals surface area contributed by atoms with Gasteiger partial charge < -0.3 is 11.1 Å². The number of rotatable bonds is 3. The van der Waals surface area contributed by atoms with Crippen molar-refractivity contribution in [3.63, 3.8) is 0 Å². The largest absolute Gasteiger partial charge is 0.416 e. The molecule has 0 saturated heterocycles. The van der Waals surface area contributed by atoms with Gasteiger partial charge in [0.1, 0.15) is 5.01 Å². The molecule has 0 radical (unpaired) electrons. The topological polar surface area (TPSA) is 50.9 Å². The van der Waals surface area contributed by atoms with E-state index in [1.165, 1.54) is 23.5 Å². The van der Waals surface area contributed by atoms with Crippen molar-refractivity contribution in [2.75, 3.05) is 11.1 Å². The molecule has 0 bridgehead atoms. The summed E-state index contributed by atoms with van der Waals surface area (Å²) < 4.78 is 37.8. The summed E-state index contributed by atoms with van der Waals surface area (Å²) in [5, 5.41) is 5.74. The minimum absolute atomic E-state index is 0.556. The molecule has 0 aliphatic rings. The van der Waals surface area contributed by atoms with Gasteiger partial charge in [-0.05, 0) is 42.5 Å². The molecule has 0 saturated carbocycles. The Morgan fingerprint density at radius 3 is 2.39 bits per heavy atom. The van der Waals surface area contributed by atoms with Crippen molar-refractivity contribution in [2.24, 2.45) is 0 Å². The first-order chi connectivity index (χ1) is 10.9. The lowest BCUT2D eigenvalue weighted by molar-refractivity contribution is -0.137. The normalized spacial score (nSPS) is 11.4. The van der Waals surface area contributed by atoms with Crippen LogP contribution in [0, 0.1) is 0 Å². The highest BCUT2D eigenvalue weighted by molar-refractivity contribution is 7.13. The number of anilines is 3. The van der Waals surface area contributed by atoms with Crippen LogP contribution in [0.5, 0.6) is 0 Å². The zero-order valence-corrected chi connectivity index (χ0v) is 12.6. The molecule has 3 nitrogen and oxygen atoms in total. The summed E-state index contributed by atoms with van der Waals surface area (Å²) >= 11 is 1.46. The molecular weight excluding hydrogens is 323 g/mol. The number of hydrogen-bond donors (Lipinski definition) is 2. The van der Waals surface area contributed by atoms with Crippen molar-refractivity contribution >= 4 is 28.4 Å². The van der Waals surface area contributed by atoms with Crippen LogP contribution in [0.15, 0.2) is 54.0 Å². The molecule has 3 rings (SSSR count). The van der Waals surface area contributed by atoms with Crippen molar-refractivity contribution < 1.29 is 13.2 Å². The van der Waals surface area contributed by atoms with Gasteiger partial charge >= 0.3 is 6.18 Å². The molecule has 3 N–H and O–H groups in total. The van der Waals surface area contributed by atoms with Gasteiger partial charge in [0.2, 0.25) is 0 Å². The van der Waals surface area contributed by atoms with Crippen LogP contribution in [-0.2, 0) is 6.18 Å². The van der Waals surface area contributed by atoms with Crippen LogP contribution in [0.25, 0.3) is 10.6 Å². The summed E-state index contributed by atoms with van der Waals surface area (Å²) in [7, 11) is 0. The third-order valence-corrected chi connectivity index (χ3v) is 4.00. The molecule has 0 amide bonds. The number of benzene rings is 2.